The van der Waals surface area contributed by atoms with Crippen LogP contribution in [0, 0.1) is 5.21 Å². The number of hydroxylamine groups is 1. The minimum absolute atomic E-state index is 0.161. The van der Waals surface area contributed by atoms with Gasteiger partial charge in [-0.1, -0.05) is 11.4 Å². The van der Waals surface area contributed by atoms with E-state index >= 15 is 0 Å². The van der Waals surface area contributed by atoms with Gasteiger partial charge in [-0.2, -0.15) is 0 Å². The van der Waals surface area contributed by atoms with Gasteiger partial charge in [0.25, 0.3) is 0 Å². The second-order valence-corrected chi connectivity index (χ2v) is 1.09. The molecule has 0 aromatic rings. The second-order valence-electron chi connectivity index (χ2n) is 1.09. The van der Waals surface area contributed by atoms with Gasteiger partial charge in [0.15, 0.2) is 5.28 Å². The molecule has 8 heavy (non-hydrogen) atoms. The van der Waals surface area contributed by atoms with E-state index in [0.29, 0.717) is 4.86 Å². The Hall–Kier alpha value is -1.06. The zero-order valence-corrected chi connectivity index (χ0v) is 4.70. The molecule has 0 unspecified atom stereocenters. The van der Waals surface area contributed by atoms with Crippen LogP contribution in [0.25, 0.3) is 0 Å². The molecule has 0 aromatic carbocycles. The van der Waals surface area contributed by atoms with Crippen LogP contribution >= 0.6 is 0 Å². The highest BCUT2D eigenvalue weighted by molar-refractivity contribution is 4.61. The van der Waals surface area contributed by atoms with Crippen LogP contribution in [0.3, 0.4) is 0 Å². The summed E-state index contributed by atoms with van der Waals surface area (Å²) in [6.45, 7) is 3.49. The number of hydrogen-bond donors (Lipinski definition) is 0. The fourth-order valence-electron chi connectivity index (χ4n) is 0.235. The number of rotatable bonds is 3. The Morgan fingerprint density at radius 1 is 2.00 bits per heavy atom. The van der Waals surface area contributed by atoms with Crippen LogP contribution < -0.4 is 0 Å². The van der Waals surface area contributed by atoms with Crippen molar-refractivity contribution in [1.82, 2.24) is 0 Å². The average molecular weight is 116 g/mol. The first kappa shape index (κ1) is 6.94. The Bertz CT molecular complexity index is 100. The molecular weight excluding hydrogens is 108 g/mol. The Morgan fingerprint density at radius 2 is 2.62 bits per heavy atom. The minimum Gasteiger partial charge on any atom is -0.597 e. The van der Waals surface area contributed by atoms with Gasteiger partial charge in [0.2, 0.25) is 6.54 Å². The van der Waals surface area contributed by atoms with Crippen LogP contribution in [0.1, 0.15) is 0 Å². The topological polar surface area (TPSA) is 47.7 Å². The summed E-state index contributed by atoms with van der Waals surface area (Å²) in [5.74, 6) is 0. The lowest BCUT2D eigenvalue weighted by Crippen LogP contribution is -1.98. The zero-order chi connectivity index (χ0) is 6.41. The zero-order valence-electron chi connectivity index (χ0n) is 4.70. The predicted octanol–water partition coefficient (Wildman–Crippen LogP) is 0.696. The highest BCUT2D eigenvalue weighted by atomic mass is 16.7. The van der Waals surface area contributed by atoms with Gasteiger partial charge in [-0.15, -0.1) is 0 Å². The summed E-state index contributed by atoms with van der Waals surface area (Å²) in [6.07, 6.45) is 1.44. The van der Waals surface area contributed by atoms with E-state index in [9.17, 15) is 5.21 Å². The quantitative estimate of drug-likeness (QED) is 0.236. The molecule has 0 radical (unpaired) electrons. The van der Waals surface area contributed by atoms with E-state index in [1.807, 2.05) is 0 Å². The monoisotopic (exact) mass is 116 g/mol. The Balaban J connectivity index is 3.44. The lowest BCUT2D eigenvalue weighted by atomic mass is 10.7. The molecule has 0 aromatic heterocycles. The van der Waals surface area contributed by atoms with Crippen molar-refractivity contribution in [1.29, 1.82) is 0 Å². The summed E-state index contributed by atoms with van der Waals surface area (Å²) in [7, 11) is 1.31. The van der Waals surface area contributed by atoms with Gasteiger partial charge in [-0.05, 0) is 6.08 Å². The largest absolute Gasteiger partial charge is 0.597 e. The highest BCUT2D eigenvalue weighted by Gasteiger charge is 1.84. The highest BCUT2D eigenvalue weighted by Crippen LogP contribution is 1.75. The third-order valence-corrected chi connectivity index (χ3v) is 0.458. The van der Waals surface area contributed by atoms with Gasteiger partial charge in [0, 0.05) is 0 Å². The van der Waals surface area contributed by atoms with Crippen molar-refractivity contribution in [3.63, 3.8) is 0 Å². The molecule has 0 aliphatic rings. The van der Waals surface area contributed by atoms with E-state index in [4.69, 9.17) is 0 Å². The summed E-state index contributed by atoms with van der Waals surface area (Å²) in [6, 6.07) is 0. The van der Waals surface area contributed by atoms with Crippen LogP contribution in [0.5, 0.6) is 0 Å². The molecule has 0 aliphatic carbocycles. The second kappa shape index (κ2) is 4.11. The van der Waals surface area contributed by atoms with Gasteiger partial charge in [-0.3, -0.25) is 0 Å². The molecule has 0 atom stereocenters. The fraction of sp³-hybridized carbons (Fsp3) is 0.500. The molecule has 0 saturated carbocycles. The van der Waals surface area contributed by atoms with Crippen LogP contribution in [0.2, 0.25) is 0 Å². The van der Waals surface area contributed by atoms with Crippen LogP contribution in [0.4, 0.5) is 0 Å². The van der Waals surface area contributed by atoms with E-state index in [-0.39, 0.29) is 6.54 Å². The molecule has 4 nitrogen and oxygen atoms in total. The van der Waals surface area contributed by atoms with Crippen molar-refractivity contribution in [3.8, 4) is 0 Å². The number of hydrogen-bond acceptors (Lipinski definition) is 3. The van der Waals surface area contributed by atoms with Crippen LogP contribution in [-0.4, -0.2) is 18.5 Å². The summed E-state index contributed by atoms with van der Waals surface area (Å²) in [5, 5.41) is 13.2. The average Bonchev–Trinajstić information content (AvgIpc) is 1.68. The summed E-state index contributed by atoms with van der Waals surface area (Å²) in [4.78, 5) is 4.54. The lowest BCUT2D eigenvalue weighted by molar-refractivity contribution is -0.547. The molecule has 0 N–H and O–H groups in total. The molecule has 0 amide bonds. The lowest BCUT2D eigenvalue weighted by Gasteiger charge is -1.91. The maximum absolute atomic E-state index is 10.2. The standard InChI is InChI=1S/C4H8N2O2/c1-3-4-6(7)5-8-2/h3H,1,4H2,2H3/b6-5+. The minimum atomic E-state index is 0.161. The van der Waals surface area contributed by atoms with Crippen molar-refractivity contribution < 1.29 is 9.70 Å². The van der Waals surface area contributed by atoms with E-state index in [1.54, 1.807) is 0 Å². The normalized spacial score (nSPS) is 10.9. The smallest absolute Gasteiger partial charge is 0.202 e. The molecule has 0 fully saturated rings. The van der Waals surface area contributed by atoms with Gasteiger partial charge in [0.05, 0.1) is 0 Å². The molecule has 0 saturated heterocycles. The van der Waals surface area contributed by atoms with Gasteiger partial charge >= 0.3 is 0 Å². The van der Waals surface area contributed by atoms with E-state index in [0.717, 1.165) is 0 Å². The van der Waals surface area contributed by atoms with Gasteiger partial charge < -0.3 is 10.0 Å². The fourth-order valence-corrected chi connectivity index (χ4v) is 0.235. The first-order valence-electron chi connectivity index (χ1n) is 2.11. The van der Waals surface area contributed by atoms with Crippen molar-refractivity contribution in [2.24, 2.45) is 5.28 Å². The maximum atomic E-state index is 10.2. The number of nitrogens with zero attached hydrogens (tertiary/aromatic N) is 2. The SMILES string of the molecule is C=CC/[N+]([O-])=N\OC. The molecule has 0 spiro atoms. The molecule has 46 valence electrons. The van der Waals surface area contributed by atoms with E-state index in [1.165, 1.54) is 13.2 Å². The maximum Gasteiger partial charge on any atom is 0.202 e. The van der Waals surface area contributed by atoms with Crippen LogP contribution in [-0.2, 0) is 4.84 Å². The molecule has 0 heterocycles. The summed E-state index contributed by atoms with van der Waals surface area (Å²) in [5.41, 5.74) is 0. The van der Waals surface area contributed by atoms with Crippen molar-refractivity contribution in [3.05, 3.63) is 17.9 Å². The van der Waals surface area contributed by atoms with Crippen molar-refractivity contribution in [2.45, 2.75) is 0 Å². The molecule has 0 aliphatic heterocycles. The Morgan fingerprint density at radius 3 is 3.00 bits per heavy atom. The third kappa shape index (κ3) is 3.14. The van der Waals surface area contributed by atoms with Gasteiger partial charge in [-0.25, -0.2) is 0 Å². The third-order valence-electron chi connectivity index (χ3n) is 0.458. The van der Waals surface area contributed by atoms with Gasteiger partial charge in [0.1, 0.15) is 7.11 Å². The first-order valence-corrected chi connectivity index (χ1v) is 2.11. The Labute approximate surface area is 47.6 Å². The Kier molecular flexibility index (Phi) is 3.56. The first-order chi connectivity index (χ1) is 3.81. The predicted molar refractivity (Wildman–Crippen MR) is 28.1 cm³/mol. The molecule has 4 heteroatoms. The van der Waals surface area contributed by atoms with E-state index < -0.39 is 0 Å². The summed E-state index contributed by atoms with van der Waals surface area (Å²) < 4.78 is 0. The molecular formula is C4H8N2O2. The molecule has 0 rings (SSSR count). The summed E-state index contributed by atoms with van der Waals surface area (Å²) >= 11 is 0. The van der Waals surface area contributed by atoms with Crippen molar-refractivity contribution in [2.75, 3.05) is 13.7 Å². The van der Waals surface area contributed by atoms with Crippen LogP contribution in [0.15, 0.2) is 17.9 Å². The molecule has 0 bridgehead atoms. The van der Waals surface area contributed by atoms with Crippen molar-refractivity contribution >= 4 is 0 Å². The van der Waals surface area contributed by atoms with E-state index in [2.05, 4.69) is 16.7 Å².